The van der Waals surface area contributed by atoms with Crippen LogP contribution in [0.15, 0.2) is 17.2 Å². The molecule has 0 bridgehead atoms. The minimum Gasteiger partial charge on any atom is -0.390 e. The topological polar surface area (TPSA) is 82.2 Å². The molecule has 2 rings (SSSR count). The van der Waals surface area contributed by atoms with Crippen molar-refractivity contribution in [3.63, 3.8) is 0 Å². The highest BCUT2D eigenvalue weighted by Gasteiger charge is 2.38. The van der Waals surface area contributed by atoms with Gasteiger partial charge in [0, 0.05) is 17.9 Å². The van der Waals surface area contributed by atoms with E-state index in [1.807, 2.05) is 0 Å². The lowest BCUT2D eigenvalue weighted by atomic mass is 10.3. The smallest absolute Gasteiger partial charge is 0.242 e. The van der Waals surface area contributed by atoms with Gasteiger partial charge in [-0.25, -0.2) is 13.1 Å². The van der Waals surface area contributed by atoms with Crippen LogP contribution < -0.4 is 4.72 Å². The molecule has 16 heavy (non-hydrogen) atoms. The molecular formula is C10H16N2O3S. The van der Waals surface area contributed by atoms with Gasteiger partial charge in [0.15, 0.2) is 0 Å². The number of hydrogen-bond donors (Lipinski definition) is 3. The van der Waals surface area contributed by atoms with Crippen LogP contribution in [0.4, 0.5) is 0 Å². The van der Waals surface area contributed by atoms with Crippen molar-refractivity contribution in [2.24, 2.45) is 5.92 Å². The molecule has 0 saturated heterocycles. The van der Waals surface area contributed by atoms with E-state index in [1.165, 1.54) is 12.3 Å². The zero-order valence-electron chi connectivity index (χ0n) is 9.10. The SMILES string of the molecule is CCC1CC1NS(=O)(=O)c1c[nH]c(CO)c1. The third-order valence-corrected chi connectivity index (χ3v) is 4.42. The van der Waals surface area contributed by atoms with E-state index in [4.69, 9.17) is 5.11 Å². The maximum Gasteiger partial charge on any atom is 0.242 e. The van der Waals surface area contributed by atoms with E-state index < -0.39 is 10.0 Å². The summed E-state index contributed by atoms with van der Waals surface area (Å²) in [5, 5.41) is 8.84. The van der Waals surface area contributed by atoms with Gasteiger partial charge < -0.3 is 10.1 Å². The molecule has 6 heteroatoms. The lowest BCUT2D eigenvalue weighted by Crippen LogP contribution is -2.26. The minimum absolute atomic E-state index is 0.0856. The monoisotopic (exact) mass is 244 g/mol. The van der Waals surface area contributed by atoms with Crippen LogP contribution in [0.3, 0.4) is 0 Å². The highest BCUT2D eigenvalue weighted by atomic mass is 32.2. The third kappa shape index (κ3) is 2.28. The maximum absolute atomic E-state index is 11.9. The lowest BCUT2D eigenvalue weighted by Gasteiger charge is -2.03. The van der Waals surface area contributed by atoms with E-state index in [0.29, 0.717) is 11.6 Å². The van der Waals surface area contributed by atoms with Crippen LogP contribution in [-0.2, 0) is 16.6 Å². The number of aliphatic hydroxyl groups excluding tert-OH is 1. The summed E-state index contributed by atoms with van der Waals surface area (Å²) >= 11 is 0. The second-order valence-electron chi connectivity index (χ2n) is 4.15. The number of H-pyrrole nitrogens is 1. The first-order chi connectivity index (χ1) is 7.56. The second-order valence-corrected chi connectivity index (χ2v) is 5.86. The Morgan fingerprint density at radius 1 is 1.62 bits per heavy atom. The molecule has 1 aromatic rings. The molecule has 1 saturated carbocycles. The first kappa shape index (κ1) is 11.6. The average molecular weight is 244 g/mol. The van der Waals surface area contributed by atoms with Crippen molar-refractivity contribution in [3.05, 3.63) is 18.0 Å². The number of aromatic nitrogens is 1. The van der Waals surface area contributed by atoms with Crippen molar-refractivity contribution in [1.29, 1.82) is 0 Å². The van der Waals surface area contributed by atoms with Crippen molar-refractivity contribution >= 4 is 10.0 Å². The molecule has 0 radical (unpaired) electrons. The van der Waals surface area contributed by atoms with Crippen molar-refractivity contribution < 1.29 is 13.5 Å². The first-order valence-corrected chi connectivity index (χ1v) is 6.85. The minimum atomic E-state index is -3.42. The van der Waals surface area contributed by atoms with Gasteiger partial charge in [0.05, 0.1) is 11.5 Å². The fraction of sp³-hybridized carbons (Fsp3) is 0.600. The average Bonchev–Trinajstić information content (AvgIpc) is 2.81. The zero-order valence-corrected chi connectivity index (χ0v) is 9.92. The van der Waals surface area contributed by atoms with Crippen molar-refractivity contribution in [1.82, 2.24) is 9.71 Å². The number of aromatic amines is 1. The predicted molar refractivity (Wildman–Crippen MR) is 59.2 cm³/mol. The normalized spacial score (nSPS) is 24.6. The quantitative estimate of drug-likeness (QED) is 0.708. The van der Waals surface area contributed by atoms with Crippen LogP contribution in [0.25, 0.3) is 0 Å². The van der Waals surface area contributed by atoms with Crippen LogP contribution in [0.2, 0.25) is 0 Å². The van der Waals surface area contributed by atoms with E-state index in [-0.39, 0.29) is 17.5 Å². The van der Waals surface area contributed by atoms with E-state index in [0.717, 1.165) is 12.8 Å². The third-order valence-electron chi connectivity index (χ3n) is 2.95. The molecule has 1 aliphatic carbocycles. The highest BCUT2D eigenvalue weighted by molar-refractivity contribution is 7.89. The van der Waals surface area contributed by atoms with Crippen molar-refractivity contribution in [2.75, 3.05) is 0 Å². The zero-order chi connectivity index (χ0) is 11.8. The molecule has 0 aliphatic heterocycles. The number of rotatable bonds is 5. The fourth-order valence-electron chi connectivity index (χ4n) is 1.78. The van der Waals surface area contributed by atoms with Crippen LogP contribution >= 0.6 is 0 Å². The highest BCUT2D eigenvalue weighted by Crippen LogP contribution is 2.34. The number of nitrogens with one attached hydrogen (secondary N) is 2. The summed E-state index contributed by atoms with van der Waals surface area (Å²) in [5.74, 6) is 0.478. The van der Waals surface area contributed by atoms with Gasteiger partial charge in [0.25, 0.3) is 0 Å². The van der Waals surface area contributed by atoms with Gasteiger partial charge in [-0.15, -0.1) is 0 Å². The maximum atomic E-state index is 11.9. The summed E-state index contributed by atoms with van der Waals surface area (Å²) in [4.78, 5) is 2.90. The van der Waals surface area contributed by atoms with Gasteiger partial charge in [-0.1, -0.05) is 13.3 Å². The molecule has 90 valence electrons. The summed E-state index contributed by atoms with van der Waals surface area (Å²) < 4.78 is 26.4. The van der Waals surface area contributed by atoms with Gasteiger partial charge >= 0.3 is 0 Å². The Bertz CT molecular complexity index is 466. The summed E-state index contributed by atoms with van der Waals surface area (Å²) in [7, 11) is -3.42. The van der Waals surface area contributed by atoms with E-state index in [9.17, 15) is 8.42 Å². The van der Waals surface area contributed by atoms with E-state index in [1.54, 1.807) is 0 Å². The largest absolute Gasteiger partial charge is 0.390 e. The Morgan fingerprint density at radius 2 is 2.38 bits per heavy atom. The molecule has 5 nitrogen and oxygen atoms in total. The predicted octanol–water partition coefficient (Wildman–Crippen LogP) is 0.584. The molecule has 0 aromatic carbocycles. The summed E-state index contributed by atoms with van der Waals surface area (Å²) in [6.07, 6.45) is 3.33. The Kier molecular flexibility index (Phi) is 3.05. The van der Waals surface area contributed by atoms with Crippen molar-refractivity contribution in [2.45, 2.75) is 37.3 Å². The lowest BCUT2D eigenvalue weighted by molar-refractivity contribution is 0.277. The van der Waals surface area contributed by atoms with Gasteiger partial charge in [-0.2, -0.15) is 0 Å². The molecule has 2 unspecified atom stereocenters. The number of hydrogen-bond acceptors (Lipinski definition) is 3. The Hall–Kier alpha value is -0.850. The molecule has 0 amide bonds. The Morgan fingerprint density at radius 3 is 2.88 bits per heavy atom. The molecule has 1 heterocycles. The number of sulfonamides is 1. The Balaban J connectivity index is 2.07. The van der Waals surface area contributed by atoms with Gasteiger partial charge in [-0.3, -0.25) is 0 Å². The standard InChI is InChI=1S/C10H16N2O3S/c1-2-7-3-10(7)12-16(14,15)9-4-8(6-13)11-5-9/h4-5,7,10-13H,2-3,6H2,1H3. The van der Waals surface area contributed by atoms with Crippen molar-refractivity contribution in [3.8, 4) is 0 Å². The summed E-state index contributed by atoms with van der Waals surface area (Å²) in [5.41, 5.74) is 0.503. The Labute approximate surface area is 94.9 Å². The van der Waals surface area contributed by atoms with Crippen LogP contribution in [0, 0.1) is 5.92 Å². The fourth-order valence-corrected chi connectivity index (χ4v) is 3.11. The number of aliphatic hydroxyl groups is 1. The molecule has 2 atom stereocenters. The molecule has 0 spiro atoms. The molecule has 1 fully saturated rings. The second kappa shape index (κ2) is 4.20. The molecule has 3 N–H and O–H groups in total. The van der Waals surface area contributed by atoms with Crippen LogP contribution in [0.5, 0.6) is 0 Å². The van der Waals surface area contributed by atoms with Gasteiger partial charge in [0.2, 0.25) is 10.0 Å². The van der Waals surface area contributed by atoms with Gasteiger partial charge in [-0.05, 0) is 18.4 Å². The van der Waals surface area contributed by atoms with Crippen LogP contribution in [0.1, 0.15) is 25.5 Å². The molecule has 1 aromatic heterocycles. The van der Waals surface area contributed by atoms with Crippen LogP contribution in [-0.4, -0.2) is 24.6 Å². The van der Waals surface area contributed by atoms with Gasteiger partial charge in [0.1, 0.15) is 0 Å². The first-order valence-electron chi connectivity index (χ1n) is 5.37. The van der Waals surface area contributed by atoms with E-state index >= 15 is 0 Å². The summed E-state index contributed by atoms with van der Waals surface area (Å²) in [6, 6.07) is 1.54. The van der Waals surface area contributed by atoms with E-state index in [2.05, 4.69) is 16.6 Å². The molecule has 1 aliphatic rings. The summed E-state index contributed by atoms with van der Waals surface area (Å²) in [6.45, 7) is 1.87. The molecular weight excluding hydrogens is 228 g/mol.